The molecule has 0 bridgehead atoms. The maximum Gasteiger partial charge on any atom is 0.230 e. The van der Waals surface area contributed by atoms with Crippen LogP contribution in [0.5, 0.6) is 5.88 Å². The van der Waals surface area contributed by atoms with Gasteiger partial charge >= 0.3 is 0 Å². The third-order valence-corrected chi connectivity index (χ3v) is 6.26. The molecule has 0 saturated heterocycles. The number of likely N-dealkylation sites (N-methyl/N-ethyl adjacent to an activating group) is 1. The van der Waals surface area contributed by atoms with Crippen LogP contribution in [0, 0.1) is 6.92 Å². The van der Waals surface area contributed by atoms with Gasteiger partial charge in [-0.25, -0.2) is 4.98 Å². The summed E-state index contributed by atoms with van der Waals surface area (Å²) >= 11 is 3.14. The van der Waals surface area contributed by atoms with Crippen molar-refractivity contribution in [2.45, 2.75) is 33.2 Å². The van der Waals surface area contributed by atoms with Crippen molar-refractivity contribution in [3.63, 3.8) is 0 Å². The zero-order valence-corrected chi connectivity index (χ0v) is 15.7. The van der Waals surface area contributed by atoms with E-state index in [0.29, 0.717) is 11.5 Å². The first-order valence-corrected chi connectivity index (χ1v) is 9.76. The van der Waals surface area contributed by atoms with Gasteiger partial charge in [-0.1, -0.05) is 25.2 Å². The molecule has 3 rings (SSSR count). The second-order valence-corrected chi connectivity index (χ2v) is 7.55. The molecule has 1 atom stereocenters. The third-order valence-electron chi connectivity index (χ3n) is 4.12. The van der Waals surface area contributed by atoms with Gasteiger partial charge in [-0.3, -0.25) is 4.90 Å². The van der Waals surface area contributed by atoms with E-state index in [4.69, 9.17) is 0 Å². The summed E-state index contributed by atoms with van der Waals surface area (Å²) in [6, 6.07) is 1.99. The van der Waals surface area contributed by atoms with Crippen molar-refractivity contribution < 1.29 is 10.2 Å². The fourth-order valence-corrected chi connectivity index (χ4v) is 5.09. The summed E-state index contributed by atoms with van der Waals surface area (Å²) in [5, 5.41) is 26.6. The molecule has 0 amide bonds. The maximum atomic E-state index is 10.8. The quantitative estimate of drug-likeness (QED) is 0.673. The highest BCUT2D eigenvalue weighted by atomic mass is 32.1. The molecule has 0 fully saturated rings. The number of thiazole rings is 1. The number of nitrogens with zero attached hydrogens (tertiary/aromatic N) is 4. The van der Waals surface area contributed by atoms with E-state index in [-0.39, 0.29) is 18.5 Å². The van der Waals surface area contributed by atoms with Crippen LogP contribution in [0.15, 0.2) is 11.4 Å². The summed E-state index contributed by atoms with van der Waals surface area (Å²) in [4.78, 5) is 9.36. The molecule has 0 aliphatic rings. The number of fused-ring (bicyclic) bond motifs is 1. The molecule has 0 radical (unpaired) electrons. The van der Waals surface area contributed by atoms with Crippen LogP contribution in [-0.4, -0.2) is 49.4 Å². The number of aryl methyl sites for hydroxylation is 2. The monoisotopic (exact) mass is 366 g/mol. The zero-order chi connectivity index (χ0) is 17.3. The lowest BCUT2D eigenvalue weighted by Crippen LogP contribution is -2.31. The van der Waals surface area contributed by atoms with E-state index in [1.54, 1.807) is 11.3 Å². The van der Waals surface area contributed by atoms with Gasteiger partial charge in [0.1, 0.15) is 0 Å². The van der Waals surface area contributed by atoms with Crippen molar-refractivity contribution in [3.05, 3.63) is 32.6 Å². The van der Waals surface area contributed by atoms with Gasteiger partial charge in [0.2, 0.25) is 10.8 Å². The molecule has 2 N–H and O–H groups in total. The Balaban J connectivity index is 2.13. The average Bonchev–Trinajstić information content (AvgIpc) is 3.25. The summed E-state index contributed by atoms with van der Waals surface area (Å²) in [6.45, 7) is 7.54. The summed E-state index contributed by atoms with van der Waals surface area (Å²) in [7, 11) is 0. The van der Waals surface area contributed by atoms with Gasteiger partial charge in [0.25, 0.3) is 0 Å². The van der Waals surface area contributed by atoms with Crippen LogP contribution in [0.4, 0.5) is 0 Å². The molecular weight excluding hydrogens is 344 g/mol. The lowest BCUT2D eigenvalue weighted by molar-refractivity contribution is 0.175. The Morgan fingerprint density at radius 2 is 2.12 bits per heavy atom. The molecule has 6 nitrogen and oxygen atoms in total. The van der Waals surface area contributed by atoms with Gasteiger partial charge in [-0.05, 0) is 30.5 Å². The highest BCUT2D eigenvalue weighted by Crippen LogP contribution is 2.42. The molecule has 0 aliphatic carbocycles. The number of hydrogen-bond donors (Lipinski definition) is 2. The summed E-state index contributed by atoms with van der Waals surface area (Å²) < 4.78 is 1.53. The Hall–Kier alpha value is -1.48. The number of aliphatic hydroxyl groups excluding tert-OH is 1. The van der Waals surface area contributed by atoms with Gasteiger partial charge in [-0.15, -0.1) is 16.4 Å². The van der Waals surface area contributed by atoms with E-state index < -0.39 is 0 Å². The van der Waals surface area contributed by atoms with Gasteiger partial charge < -0.3 is 10.2 Å². The minimum Gasteiger partial charge on any atom is -0.492 e. The van der Waals surface area contributed by atoms with Crippen molar-refractivity contribution >= 4 is 27.6 Å². The Morgan fingerprint density at radius 3 is 2.67 bits per heavy atom. The molecule has 130 valence electrons. The third kappa shape index (κ3) is 2.95. The van der Waals surface area contributed by atoms with Crippen LogP contribution in [0.1, 0.15) is 41.0 Å². The Labute approximate surface area is 149 Å². The number of hydrogen-bond acceptors (Lipinski definition) is 7. The molecular formula is C16H22N4O2S2. The molecule has 24 heavy (non-hydrogen) atoms. The number of aromatic nitrogens is 3. The Kier molecular flexibility index (Phi) is 5.19. The van der Waals surface area contributed by atoms with Crippen molar-refractivity contribution in [1.29, 1.82) is 0 Å². The first-order chi connectivity index (χ1) is 11.6. The van der Waals surface area contributed by atoms with E-state index >= 15 is 0 Å². The molecule has 0 saturated carbocycles. The fraction of sp³-hybridized carbons (Fsp3) is 0.500. The normalized spacial score (nSPS) is 13.2. The van der Waals surface area contributed by atoms with Crippen molar-refractivity contribution in [1.82, 2.24) is 19.5 Å². The lowest BCUT2D eigenvalue weighted by atomic mass is 10.1. The van der Waals surface area contributed by atoms with Gasteiger partial charge in [0.15, 0.2) is 5.82 Å². The molecule has 0 aliphatic heterocycles. The molecule has 1 unspecified atom stereocenters. The average molecular weight is 367 g/mol. The van der Waals surface area contributed by atoms with Crippen LogP contribution in [0.25, 0.3) is 4.96 Å². The van der Waals surface area contributed by atoms with Crippen molar-refractivity contribution in [2.75, 3.05) is 19.7 Å². The smallest absolute Gasteiger partial charge is 0.230 e. The minimum absolute atomic E-state index is 0.0796. The van der Waals surface area contributed by atoms with Crippen LogP contribution in [0.2, 0.25) is 0 Å². The predicted molar refractivity (Wildman–Crippen MR) is 97.1 cm³/mol. The van der Waals surface area contributed by atoms with E-state index in [2.05, 4.69) is 40.3 Å². The maximum absolute atomic E-state index is 10.8. The highest BCUT2D eigenvalue weighted by Gasteiger charge is 2.30. The van der Waals surface area contributed by atoms with Crippen LogP contribution < -0.4 is 0 Å². The number of rotatable bonds is 7. The predicted octanol–water partition coefficient (Wildman–Crippen LogP) is 2.83. The van der Waals surface area contributed by atoms with Crippen LogP contribution >= 0.6 is 22.7 Å². The zero-order valence-electron chi connectivity index (χ0n) is 14.1. The topological polar surface area (TPSA) is 73.9 Å². The molecule has 8 heteroatoms. The van der Waals surface area contributed by atoms with E-state index in [1.807, 2.05) is 6.92 Å². The first kappa shape index (κ1) is 17.3. The van der Waals surface area contributed by atoms with E-state index in [0.717, 1.165) is 23.7 Å². The van der Waals surface area contributed by atoms with E-state index in [1.165, 1.54) is 26.3 Å². The molecule has 3 aromatic heterocycles. The molecule has 3 aromatic rings. The standard InChI is InChI=1S/C16H22N4O2S2/c1-4-11-17-16-20(18-11)15(22)14(24-16)12(19(5-2)7-8-21)13-10(3)6-9-23-13/h6,9,12,21-22H,4-5,7-8H2,1-3H3. The first-order valence-electron chi connectivity index (χ1n) is 8.06. The van der Waals surface area contributed by atoms with Gasteiger partial charge in [0.05, 0.1) is 17.5 Å². The second-order valence-electron chi connectivity index (χ2n) is 5.59. The Bertz CT molecular complexity index is 823. The largest absolute Gasteiger partial charge is 0.492 e. The molecule has 3 heterocycles. The van der Waals surface area contributed by atoms with Crippen molar-refractivity contribution in [2.24, 2.45) is 0 Å². The SMILES string of the molecule is CCc1nc2sc(C(c3sccc3C)N(CC)CCO)c(O)n2n1. The van der Waals surface area contributed by atoms with Crippen molar-refractivity contribution in [3.8, 4) is 5.88 Å². The molecule has 0 spiro atoms. The van der Waals surface area contributed by atoms with Crippen LogP contribution in [0.3, 0.4) is 0 Å². The Morgan fingerprint density at radius 1 is 1.33 bits per heavy atom. The number of thiophene rings is 1. The highest BCUT2D eigenvalue weighted by molar-refractivity contribution is 7.17. The van der Waals surface area contributed by atoms with Gasteiger partial charge in [0, 0.05) is 17.8 Å². The summed E-state index contributed by atoms with van der Waals surface area (Å²) in [5.41, 5.74) is 1.19. The fourth-order valence-electron chi connectivity index (χ4n) is 2.83. The number of aliphatic hydroxyl groups is 1. The number of aromatic hydroxyl groups is 1. The van der Waals surface area contributed by atoms with E-state index in [9.17, 15) is 10.2 Å². The second kappa shape index (κ2) is 7.18. The van der Waals surface area contributed by atoms with Gasteiger partial charge in [-0.2, -0.15) is 4.52 Å². The minimum atomic E-state index is -0.0965. The summed E-state index contributed by atoms with van der Waals surface area (Å²) in [5.74, 6) is 0.881. The summed E-state index contributed by atoms with van der Waals surface area (Å²) in [6.07, 6.45) is 0.738. The molecule has 0 aromatic carbocycles. The van der Waals surface area contributed by atoms with Crippen LogP contribution in [-0.2, 0) is 6.42 Å². The lowest BCUT2D eigenvalue weighted by Gasteiger charge is -2.29.